The number of nitriles is 1. The van der Waals surface area contributed by atoms with Gasteiger partial charge in [0.05, 0.1) is 34.5 Å². The van der Waals surface area contributed by atoms with Crippen molar-refractivity contribution in [3.05, 3.63) is 68.8 Å². The Balaban J connectivity index is 1.92. The zero-order valence-corrected chi connectivity index (χ0v) is 19.5. The third-order valence-corrected chi connectivity index (χ3v) is 5.37. The van der Waals surface area contributed by atoms with Crippen molar-refractivity contribution in [2.24, 2.45) is 7.05 Å². The Morgan fingerprint density at radius 2 is 1.84 bits per heavy atom. The molecule has 0 spiro atoms. The van der Waals surface area contributed by atoms with E-state index in [4.69, 9.17) is 37.9 Å². The summed E-state index contributed by atoms with van der Waals surface area (Å²) in [5.74, 6) is 0.497. The van der Waals surface area contributed by atoms with Gasteiger partial charge in [0.1, 0.15) is 5.75 Å². The maximum Gasteiger partial charge on any atom is 0.346 e. The SMILES string of the molecule is COC(=O)[C@H](C)Oc1cc(Oc2c(Cc3ccc(C#N)cc3)c(C)nn2C)c(Cl)cc1Cl. The third-order valence-electron chi connectivity index (χ3n) is 4.78. The van der Waals surface area contributed by atoms with Crippen LogP contribution in [0.15, 0.2) is 36.4 Å². The standard InChI is InChI=1S/C23H21Cl2N3O4/c1-13-17(9-15-5-7-16(12-26)8-6-15)22(28(3)27-13)32-21-11-20(18(24)10-19(21)25)31-14(2)23(29)30-4/h5-8,10-11,14H,9H2,1-4H3/t14-/m0/s1. The Morgan fingerprint density at radius 3 is 2.47 bits per heavy atom. The highest BCUT2D eigenvalue weighted by Crippen LogP contribution is 2.39. The van der Waals surface area contributed by atoms with Gasteiger partial charge in [-0.1, -0.05) is 35.3 Å². The van der Waals surface area contributed by atoms with E-state index in [1.165, 1.54) is 19.2 Å². The maximum atomic E-state index is 11.7. The summed E-state index contributed by atoms with van der Waals surface area (Å²) >= 11 is 12.6. The lowest BCUT2D eigenvalue weighted by Crippen LogP contribution is -2.25. The highest BCUT2D eigenvalue weighted by atomic mass is 35.5. The first-order chi connectivity index (χ1) is 15.2. The molecule has 0 unspecified atom stereocenters. The molecule has 1 aromatic heterocycles. The van der Waals surface area contributed by atoms with Crippen molar-refractivity contribution < 1.29 is 19.0 Å². The van der Waals surface area contributed by atoms with Crippen molar-refractivity contribution in [1.82, 2.24) is 9.78 Å². The molecule has 7 nitrogen and oxygen atoms in total. The minimum Gasteiger partial charge on any atom is -0.477 e. The second-order valence-corrected chi connectivity index (χ2v) is 7.89. The van der Waals surface area contributed by atoms with Crippen LogP contribution < -0.4 is 9.47 Å². The third kappa shape index (κ3) is 5.16. The van der Waals surface area contributed by atoms with Gasteiger partial charge in [0, 0.05) is 25.1 Å². The molecule has 3 aromatic rings. The minimum absolute atomic E-state index is 0.233. The van der Waals surface area contributed by atoms with Gasteiger partial charge < -0.3 is 14.2 Å². The summed E-state index contributed by atoms with van der Waals surface area (Å²) in [4.78, 5) is 11.7. The summed E-state index contributed by atoms with van der Waals surface area (Å²) in [5, 5.41) is 14.0. The molecule has 2 aromatic carbocycles. The van der Waals surface area contributed by atoms with Gasteiger partial charge in [0.15, 0.2) is 11.9 Å². The van der Waals surface area contributed by atoms with Crippen LogP contribution in [0.4, 0.5) is 0 Å². The average Bonchev–Trinajstić information content (AvgIpc) is 3.03. The zero-order valence-electron chi connectivity index (χ0n) is 18.0. The first-order valence-corrected chi connectivity index (χ1v) is 10.4. The van der Waals surface area contributed by atoms with Gasteiger partial charge in [-0.15, -0.1) is 0 Å². The monoisotopic (exact) mass is 473 g/mol. The number of hydrogen-bond donors (Lipinski definition) is 0. The summed E-state index contributed by atoms with van der Waals surface area (Å²) in [6.07, 6.45) is -0.313. The van der Waals surface area contributed by atoms with Gasteiger partial charge in [-0.05, 0) is 37.6 Å². The van der Waals surface area contributed by atoms with Crippen LogP contribution in [-0.2, 0) is 23.0 Å². The molecule has 0 aliphatic carbocycles. The molecular weight excluding hydrogens is 453 g/mol. The fraction of sp³-hybridized carbons (Fsp3) is 0.261. The van der Waals surface area contributed by atoms with E-state index in [-0.39, 0.29) is 15.8 Å². The molecule has 32 heavy (non-hydrogen) atoms. The van der Waals surface area contributed by atoms with E-state index in [0.717, 1.165) is 16.8 Å². The van der Waals surface area contributed by atoms with Crippen LogP contribution in [-0.4, -0.2) is 29.0 Å². The lowest BCUT2D eigenvalue weighted by atomic mass is 10.0. The average molecular weight is 474 g/mol. The lowest BCUT2D eigenvalue weighted by Gasteiger charge is -2.16. The topological polar surface area (TPSA) is 86.4 Å². The molecule has 166 valence electrons. The van der Waals surface area contributed by atoms with Gasteiger partial charge in [-0.2, -0.15) is 10.4 Å². The second kappa shape index (κ2) is 9.94. The zero-order chi connectivity index (χ0) is 23.4. The number of halogens is 2. The number of nitrogens with zero attached hydrogens (tertiary/aromatic N) is 3. The quantitative estimate of drug-likeness (QED) is 0.436. The molecule has 0 bridgehead atoms. The molecular formula is C23H21Cl2N3O4. The van der Waals surface area contributed by atoms with Gasteiger partial charge in [-0.3, -0.25) is 0 Å². The number of ether oxygens (including phenoxy) is 3. The lowest BCUT2D eigenvalue weighted by molar-refractivity contribution is -0.147. The minimum atomic E-state index is -0.864. The van der Waals surface area contributed by atoms with E-state index in [2.05, 4.69) is 15.9 Å². The summed E-state index contributed by atoms with van der Waals surface area (Å²) in [6.45, 7) is 3.44. The Kier molecular flexibility index (Phi) is 7.29. The molecule has 0 saturated carbocycles. The van der Waals surface area contributed by atoms with Crippen LogP contribution in [0.1, 0.15) is 29.3 Å². The van der Waals surface area contributed by atoms with E-state index in [1.807, 2.05) is 19.1 Å². The molecule has 9 heteroatoms. The number of methoxy groups -OCH3 is 1. The van der Waals surface area contributed by atoms with Crippen molar-refractivity contribution in [3.8, 4) is 23.4 Å². The first-order valence-electron chi connectivity index (χ1n) is 9.66. The molecule has 0 aliphatic rings. The van der Waals surface area contributed by atoms with E-state index in [9.17, 15) is 4.79 Å². The summed E-state index contributed by atoms with van der Waals surface area (Å²) in [7, 11) is 3.05. The van der Waals surface area contributed by atoms with Crippen LogP contribution in [0, 0.1) is 18.3 Å². The number of aromatic nitrogens is 2. The largest absolute Gasteiger partial charge is 0.477 e. The molecule has 1 heterocycles. The van der Waals surface area contributed by atoms with Gasteiger partial charge in [0.25, 0.3) is 0 Å². The van der Waals surface area contributed by atoms with Crippen molar-refractivity contribution >= 4 is 29.2 Å². The van der Waals surface area contributed by atoms with E-state index in [1.54, 1.807) is 30.8 Å². The Hall–Kier alpha value is -3.21. The number of carbonyl (C=O) groups is 1. The first kappa shape index (κ1) is 23.5. The molecule has 0 saturated heterocycles. The number of aryl methyl sites for hydroxylation is 2. The molecule has 1 atom stereocenters. The van der Waals surface area contributed by atoms with Gasteiger partial charge in [-0.25, -0.2) is 9.48 Å². The molecule has 0 radical (unpaired) electrons. The summed E-state index contributed by atoms with van der Waals surface area (Å²) < 4.78 is 18.1. The molecule has 0 N–H and O–H groups in total. The maximum absolute atomic E-state index is 11.7. The van der Waals surface area contributed by atoms with E-state index in [0.29, 0.717) is 23.6 Å². The Labute approximate surface area is 196 Å². The summed E-state index contributed by atoms with van der Waals surface area (Å²) in [6, 6.07) is 12.4. The number of rotatable bonds is 7. The predicted octanol–water partition coefficient (Wildman–Crippen LogP) is 5.23. The van der Waals surface area contributed by atoms with Crippen LogP contribution in [0.25, 0.3) is 0 Å². The van der Waals surface area contributed by atoms with Gasteiger partial charge in [0.2, 0.25) is 5.88 Å². The Bertz CT molecular complexity index is 1180. The van der Waals surface area contributed by atoms with Crippen LogP contribution in [0.2, 0.25) is 10.0 Å². The molecule has 3 rings (SSSR count). The fourth-order valence-corrected chi connectivity index (χ4v) is 3.57. The normalized spacial score (nSPS) is 11.5. The van der Waals surface area contributed by atoms with E-state index < -0.39 is 12.1 Å². The highest BCUT2D eigenvalue weighted by molar-refractivity contribution is 6.36. The van der Waals surface area contributed by atoms with Crippen LogP contribution in [0.5, 0.6) is 17.4 Å². The van der Waals surface area contributed by atoms with Crippen molar-refractivity contribution in [2.75, 3.05) is 7.11 Å². The molecule has 0 aliphatic heterocycles. The van der Waals surface area contributed by atoms with Crippen LogP contribution in [0.3, 0.4) is 0 Å². The van der Waals surface area contributed by atoms with Gasteiger partial charge >= 0.3 is 5.97 Å². The highest BCUT2D eigenvalue weighted by Gasteiger charge is 2.21. The van der Waals surface area contributed by atoms with Crippen molar-refractivity contribution in [1.29, 1.82) is 5.26 Å². The Morgan fingerprint density at radius 1 is 1.19 bits per heavy atom. The second-order valence-electron chi connectivity index (χ2n) is 7.08. The van der Waals surface area contributed by atoms with Crippen molar-refractivity contribution in [2.45, 2.75) is 26.4 Å². The fourth-order valence-electron chi connectivity index (χ4n) is 3.10. The number of carbonyl (C=O) groups excluding carboxylic acids is 1. The smallest absolute Gasteiger partial charge is 0.346 e. The molecule has 0 fully saturated rings. The predicted molar refractivity (Wildman–Crippen MR) is 121 cm³/mol. The van der Waals surface area contributed by atoms with Crippen molar-refractivity contribution in [3.63, 3.8) is 0 Å². The van der Waals surface area contributed by atoms with Crippen LogP contribution >= 0.6 is 23.2 Å². The number of benzene rings is 2. The number of hydrogen-bond acceptors (Lipinski definition) is 6. The molecule has 0 amide bonds. The van der Waals surface area contributed by atoms with E-state index >= 15 is 0 Å². The number of esters is 1. The summed E-state index contributed by atoms with van der Waals surface area (Å²) in [5.41, 5.74) is 3.26.